The Morgan fingerprint density at radius 2 is 0.500 bits per heavy atom. The van der Waals surface area contributed by atoms with Crippen molar-refractivity contribution in [2.24, 2.45) is 0 Å². The van der Waals surface area contributed by atoms with E-state index in [1.807, 2.05) is 0 Å². The van der Waals surface area contributed by atoms with Gasteiger partial charge in [0.25, 0.3) is 0 Å². The fourth-order valence-electron chi connectivity index (χ4n) is 12.8. The van der Waals surface area contributed by atoms with Gasteiger partial charge < -0.3 is 14.7 Å². The summed E-state index contributed by atoms with van der Waals surface area (Å²) in [5, 5.41) is 2.47. The van der Waals surface area contributed by atoms with Crippen molar-refractivity contribution in [3.05, 3.63) is 344 Å². The predicted octanol–water partition coefficient (Wildman–Crippen LogP) is 20.9. The van der Waals surface area contributed by atoms with Gasteiger partial charge in [0.05, 0.1) is 5.41 Å². The van der Waals surface area contributed by atoms with E-state index in [4.69, 9.17) is 0 Å². The minimum Gasteiger partial charge on any atom is -0.311 e. The highest BCUT2D eigenvalue weighted by Crippen LogP contribution is 2.65. The summed E-state index contributed by atoms with van der Waals surface area (Å²) in [6, 6.07) is 118. The molecule has 2 aliphatic rings. The topological polar surface area (TPSA) is 9.72 Å². The smallest absolute Gasteiger partial charge is 0.0726 e. The summed E-state index contributed by atoms with van der Waals surface area (Å²) >= 11 is 0. The van der Waals surface area contributed by atoms with E-state index in [1.165, 1.54) is 66.4 Å². The van der Waals surface area contributed by atoms with Gasteiger partial charge in [-0.15, -0.1) is 0 Å². The second-order valence-corrected chi connectivity index (χ2v) is 20.9. The van der Waals surface area contributed by atoms with Crippen LogP contribution in [0.2, 0.25) is 0 Å². The molecule has 0 aromatic heterocycles. The van der Waals surface area contributed by atoms with Gasteiger partial charge in [-0.2, -0.15) is 0 Å². The van der Waals surface area contributed by atoms with Crippen molar-refractivity contribution in [2.75, 3.05) is 14.7 Å². The molecule has 13 aromatic rings. The van der Waals surface area contributed by atoms with E-state index in [0.29, 0.717) is 0 Å². The van der Waals surface area contributed by atoms with E-state index < -0.39 is 5.41 Å². The number of anilines is 9. The molecule has 1 unspecified atom stereocenters. The van der Waals surface area contributed by atoms with Crippen molar-refractivity contribution in [3.8, 4) is 44.5 Å². The molecule has 0 aliphatic heterocycles. The molecule has 376 valence electrons. The molecule has 1 spiro atoms. The molecule has 0 N–H and O–H groups in total. The van der Waals surface area contributed by atoms with Crippen LogP contribution in [0.4, 0.5) is 51.2 Å². The first-order chi connectivity index (χ1) is 39.7. The van der Waals surface area contributed by atoms with E-state index in [9.17, 15) is 0 Å². The van der Waals surface area contributed by atoms with Gasteiger partial charge >= 0.3 is 0 Å². The molecule has 80 heavy (non-hydrogen) atoms. The maximum atomic E-state index is 2.51. The third kappa shape index (κ3) is 7.82. The molecule has 15 rings (SSSR count). The Morgan fingerprint density at radius 3 is 1.02 bits per heavy atom. The highest BCUT2D eigenvalue weighted by Gasteiger charge is 2.52. The van der Waals surface area contributed by atoms with Crippen molar-refractivity contribution in [1.82, 2.24) is 0 Å². The number of hydrogen-bond donors (Lipinski definition) is 0. The molecule has 2 aliphatic carbocycles. The van der Waals surface area contributed by atoms with Crippen LogP contribution >= 0.6 is 0 Å². The molecule has 3 heteroatoms. The van der Waals surface area contributed by atoms with Crippen molar-refractivity contribution < 1.29 is 0 Å². The van der Waals surface area contributed by atoms with E-state index in [0.717, 1.165) is 62.3 Å². The molecule has 0 fully saturated rings. The van der Waals surface area contributed by atoms with Gasteiger partial charge in [-0.3, -0.25) is 0 Å². The molecular weight excluding hydrogens is 967 g/mol. The van der Waals surface area contributed by atoms with Gasteiger partial charge in [0.1, 0.15) is 0 Å². The normalized spacial score (nSPS) is 13.6. The summed E-state index contributed by atoms with van der Waals surface area (Å²) in [5.74, 6) is 0. The van der Waals surface area contributed by atoms with Crippen molar-refractivity contribution in [3.63, 3.8) is 0 Å². The molecule has 1 atom stereocenters. The zero-order valence-corrected chi connectivity index (χ0v) is 43.9. The molecule has 3 nitrogen and oxygen atoms in total. The Morgan fingerprint density at radius 1 is 0.175 bits per heavy atom. The van der Waals surface area contributed by atoms with E-state index in [-0.39, 0.29) is 0 Å². The Labute approximate surface area is 467 Å². The van der Waals surface area contributed by atoms with E-state index in [2.05, 4.69) is 336 Å². The average molecular weight is 1020 g/mol. The Balaban J connectivity index is 0.975. The minimum atomic E-state index is -0.686. The van der Waals surface area contributed by atoms with E-state index >= 15 is 0 Å². The number of benzene rings is 13. The SMILES string of the molecule is c1ccc(N(c2ccccc2)c2ccc(-c3ccc4c(c3)-c3cc(N(c5ccccc5)c5ccccc5)ccc3C43c4cc(-c5ccc6ccccc6c5)ccc4-c4ccc(N(c5ccccc5)c5ccccc5)cc43)cc2)cc1. The van der Waals surface area contributed by atoms with Crippen LogP contribution in [0.5, 0.6) is 0 Å². The second-order valence-electron chi connectivity index (χ2n) is 20.9. The third-order valence-corrected chi connectivity index (χ3v) is 16.4. The molecule has 0 heterocycles. The zero-order chi connectivity index (χ0) is 53.0. The Bertz CT molecular complexity index is 4270. The Hall–Kier alpha value is -10.5. The van der Waals surface area contributed by atoms with Gasteiger partial charge in [-0.05, 0) is 205 Å². The average Bonchev–Trinajstić information content (AvgIpc) is 4.21. The van der Waals surface area contributed by atoms with Gasteiger partial charge in [0.15, 0.2) is 0 Å². The lowest BCUT2D eigenvalue weighted by Crippen LogP contribution is -2.26. The molecule has 0 saturated carbocycles. The number of para-hydroxylation sites is 6. The first-order valence-electron chi connectivity index (χ1n) is 27.6. The van der Waals surface area contributed by atoms with Gasteiger partial charge in [-0.25, -0.2) is 0 Å². The number of fused-ring (bicyclic) bond motifs is 11. The van der Waals surface area contributed by atoms with Crippen molar-refractivity contribution in [2.45, 2.75) is 5.41 Å². The summed E-state index contributed by atoms with van der Waals surface area (Å²) in [6.45, 7) is 0. The van der Waals surface area contributed by atoms with Crippen LogP contribution in [-0.2, 0) is 5.41 Å². The van der Waals surface area contributed by atoms with Crippen molar-refractivity contribution in [1.29, 1.82) is 0 Å². The van der Waals surface area contributed by atoms with Crippen LogP contribution in [0.1, 0.15) is 22.3 Å². The first-order valence-corrected chi connectivity index (χ1v) is 27.6. The number of hydrogen-bond acceptors (Lipinski definition) is 3. The second kappa shape index (κ2) is 19.5. The molecule has 0 radical (unpaired) electrons. The highest BCUT2D eigenvalue weighted by molar-refractivity contribution is 6.00. The molecule has 0 saturated heterocycles. The van der Waals surface area contributed by atoms with Crippen LogP contribution in [0.3, 0.4) is 0 Å². The summed E-state index contributed by atoms with van der Waals surface area (Å²) in [4.78, 5) is 7.12. The van der Waals surface area contributed by atoms with E-state index in [1.54, 1.807) is 0 Å². The largest absolute Gasteiger partial charge is 0.311 e. The maximum absolute atomic E-state index is 2.51. The van der Waals surface area contributed by atoms with Gasteiger partial charge in [-0.1, -0.05) is 194 Å². The monoisotopic (exact) mass is 1020 g/mol. The fourth-order valence-corrected chi connectivity index (χ4v) is 12.8. The zero-order valence-electron chi connectivity index (χ0n) is 43.9. The number of nitrogens with zero attached hydrogens (tertiary/aromatic N) is 3. The van der Waals surface area contributed by atoms with Crippen LogP contribution in [0, 0.1) is 0 Å². The van der Waals surface area contributed by atoms with Crippen LogP contribution in [0.15, 0.2) is 322 Å². The fraction of sp³-hybridized carbons (Fsp3) is 0.0130. The van der Waals surface area contributed by atoms with Crippen LogP contribution < -0.4 is 14.7 Å². The summed E-state index contributed by atoms with van der Waals surface area (Å²) in [7, 11) is 0. The first kappa shape index (κ1) is 46.8. The Kier molecular flexibility index (Phi) is 11.4. The minimum absolute atomic E-state index is 0.686. The molecule has 0 bridgehead atoms. The third-order valence-electron chi connectivity index (χ3n) is 16.4. The lowest BCUT2D eigenvalue weighted by Gasteiger charge is -2.33. The lowest BCUT2D eigenvalue weighted by molar-refractivity contribution is 0.794. The van der Waals surface area contributed by atoms with Crippen LogP contribution in [0.25, 0.3) is 55.3 Å². The summed E-state index contributed by atoms with van der Waals surface area (Å²) < 4.78 is 0. The maximum Gasteiger partial charge on any atom is 0.0726 e. The predicted molar refractivity (Wildman–Crippen MR) is 335 cm³/mol. The lowest BCUT2D eigenvalue weighted by atomic mass is 9.70. The van der Waals surface area contributed by atoms with Crippen LogP contribution in [-0.4, -0.2) is 0 Å². The standard InChI is InChI=1S/C77H53N3/c1-7-23-60(24-8-1)78(61-25-9-2-10-26-61)66-41-37-55(38-42-66)58-40-47-73-71(50-58)72-52-67(79(62-27-11-3-12-28-62)63-29-13-4-14-30-63)44-48-74(72)77(73)75-51-59(57-36-35-54-21-19-20-22-56(54)49-57)39-45-69(75)70-46-43-68(53-76(70)77)80(64-31-15-5-16-32-64)65-33-17-6-18-34-65/h1-53H. The highest BCUT2D eigenvalue weighted by atomic mass is 15.2. The number of rotatable bonds is 11. The quantitative estimate of drug-likeness (QED) is 0.128. The summed E-state index contributed by atoms with van der Waals surface area (Å²) in [6.07, 6.45) is 0. The molecule has 0 amide bonds. The van der Waals surface area contributed by atoms with Crippen molar-refractivity contribution >= 4 is 62.0 Å². The van der Waals surface area contributed by atoms with Gasteiger partial charge in [0.2, 0.25) is 0 Å². The van der Waals surface area contributed by atoms with Gasteiger partial charge in [0, 0.05) is 51.2 Å². The molecular formula is C77H53N3. The summed E-state index contributed by atoms with van der Waals surface area (Å²) in [5.41, 5.74) is 24.0. The molecule has 13 aromatic carbocycles.